The molecule has 1 aliphatic rings. The number of hydrogen-bond acceptors (Lipinski definition) is 5. The summed E-state index contributed by atoms with van der Waals surface area (Å²) in [6.45, 7) is 1.95. The van der Waals surface area contributed by atoms with Crippen LogP contribution in [0, 0.1) is 5.92 Å². The van der Waals surface area contributed by atoms with Gasteiger partial charge in [-0.3, -0.25) is 9.59 Å². The van der Waals surface area contributed by atoms with Gasteiger partial charge in [-0.05, 0) is 43.0 Å². The van der Waals surface area contributed by atoms with Crippen LogP contribution in [0.4, 0.5) is 0 Å². The summed E-state index contributed by atoms with van der Waals surface area (Å²) in [5.41, 5.74) is 0. The van der Waals surface area contributed by atoms with Crippen LogP contribution < -0.4 is 10.1 Å². The monoisotopic (exact) mass is 351 g/mol. The minimum atomic E-state index is -0.386. The van der Waals surface area contributed by atoms with Crippen molar-refractivity contribution in [2.24, 2.45) is 5.92 Å². The van der Waals surface area contributed by atoms with Gasteiger partial charge in [-0.2, -0.15) is 0 Å². The van der Waals surface area contributed by atoms with Crippen molar-refractivity contribution in [1.29, 1.82) is 0 Å². The predicted molar refractivity (Wildman–Crippen MR) is 94.2 cm³/mol. The van der Waals surface area contributed by atoms with Gasteiger partial charge < -0.3 is 14.8 Å². The maximum Gasteiger partial charge on any atom is 0.316 e. The molecular weight excluding hydrogens is 326 g/mol. The molecule has 0 radical (unpaired) electrons. The smallest absolute Gasteiger partial charge is 0.316 e. The summed E-state index contributed by atoms with van der Waals surface area (Å²) in [4.78, 5) is 24.6. The van der Waals surface area contributed by atoms with Gasteiger partial charge in [0, 0.05) is 10.9 Å². The maximum absolute atomic E-state index is 11.9. The fraction of sp³-hybridized carbons (Fsp3) is 0.556. The van der Waals surface area contributed by atoms with Crippen LogP contribution in [0.15, 0.2) is 29.2 Å². The molecule has 1 aromatic carbocycles. The van der Waals surface area contributed by atoms with Crippen LogP contribution in [-0.4, -0.2) is 37.4 Å². The van der Waals surface area contributed by atoms with E-state index in [1.54, 1.807) is 7.11 Å². The molecule has 0 aromatic heterocycles. The zero-order valence-electron chi connectivity index (χ0n) is 14.2. The van der Waals surface area contributed by atoms with Crippen LogP contribution in [0.3, 0.4) is 0 Å². The molecule has 2 atom stereocenters. The Bertz CT molecular complexity index is 546. The van der Waals surface area contributed by atoms with Crippen molar-refractivity contribution in [3.63, 3.8) is 0 Å². The number of carbonyl (C=O) groups excluding carboxylic acids is 2. The summed E-state index contributed by atoms with van der Waals surface area (Å²) >= 11 is 1.37. The Morgan fingerprint density at radius 1 is 1.21 bits per heavy atom. The van der Waals surface area contributed by atoms with E-state index in [1.165, 1.54) is 18.2 Å². The lowest BCUT2D eigenvalue weighted by Gasteiger charge is -2.29. The summed E-state index contributed by atoms with van der Waals surface area (Å²) in [6.07, 6.45) is 4.52. The van der Waals surface area contributed by atoms with Gasteiger partial charge in [0.05, 0.1) is 12.9 Å². The van der Waals surface area contributed by atoms with Crippen LogP contribution in [0.2, 0.25) is 0 Å². The quantitative estimate of drug-likeness (QED) is 0.604. The third-order valence-electron chi connectivity index (χ3n) is 4.24. The molecule has 1 fully saturated rings. The van der Waals surface area contributed by atoms with Crippen molar-refractivity contribution in [3.8, 4) is 5.75 Å². The minimum absolute atomic E-state index is 0.180. The van der Waals surface area contributed by atoms with Crippen molar-refractivity contribution >= 4 is 23.6 Å². The zero-order chi connectivity index (χ0) is 17.4. The molecule has 132 valence electrons. The van der Waals surface area contributed by atoms with Gasteiger partial charge in [0.2, 0.25) is 0 Å². The van der Waals surface area contributed by atoms with Gasteiger partial charge in [0.15, 0.2) is 6.61 Å². The number of rotatable bonds is 7. The lowest BCUT2D eigenvalue weighted by atomic mass is 9.86. The molecule has 24 heavy (non-hydrogen) atoms. The molecule has 0 spiro atoms. The summed E-state index contributed by atoms with van der Waals surface area (Å²) < 4.78 is 10.1. The van der Waals surface area contributed by atoms with Gasteiger partial charge in [0.1, 0.15) is 5.75 Å². The number of methoxy groups -OCH3 is 1. The number of amides is 1. The van der Waals surface area contributed by atoms with E-state index in [-0.39, 0.29) is 30.3 Å². The van der Waals surface area contributed by atoms with Gasteiger partial charge in [-0.1, -0.05) is 19.8 Å². The number of thioether (sulfide) groups is 1. The van der Waals surface area contributed by atoms with Gasteiger partial charge in [0.25, 0.3) is 5.91 Å². The van der Waals surface area contributed by atoms with Crippen LogP contribution in [0.5, 0.6) is 5.75 Å². The van der Waals surface area contributed by atoms with E-state index >= 15 is 0 Å². The van der Waals surface area contributed by atoms with Gasteiger partial charge in [-0.15, -0.1) is 11.8 Å². The summed E-state index contributed by atoms with van der Waals surface area (Å²) in [7, 11) is 1.61. The third kappa shape index (κ3) is 6.07. The molecule has 1 aliphatic carbocycles. The predicted octanol–water partition coefficient (Wildman–Crippen LogP) is 3.03. The normalized spacial score (nSPS) is 20.2. The third-order valence-corrected chi connectivity index (χ3v) is 5.22. The number of ether oxygens (including phenoxy) is 2. The molecule has 0 heterocycles. The van der Waals surface area contributed by atoms with E-state index in [0.29, 0.717) is 5.92 Å². The van der Waals surface area contributed by atoms with E-state index in [0.717, 1.165) is 29.9 Å². The topological polar surface area (TPSA) is 64.6 Å². The molecule has 0 unspecified atom stereocenters. The fourth-order valence-electron chi connectivity index (χ4n) is 2.78. The zero-order valence-corrected chi connectivity index (χ0v) is 15.1. The standard InChI is InChI=1S/C18H25NO4S/c1-13-5-3-4-6-16(13)19-17(20)11-23-18(21)12-24-15-9-7-14(22-2)8-10-15/h7-10,13,16H,3-6,11-12H2,1-2H3,(H,19,20)/t13-,16-/m1/s1. The van der Waals surface area contributed by atoms with E-state index in [9.17, 15) is 9.59 Å². The highest BCUT2D eigenvalue weighted by atomic mass is 32.2. The first kappa shape index (κ1) is 18.6. The molecule has 5 nitrogen and oxygen atoms in total. The summed E-state index contributed by atoms with van der Waals surface area (Å²) in [5, 5.41) is 2.97. The highest BCUT2D eigenvalue weighted by molar-refractivity contribution is 8.00. The highest BCUT2D eigenvalue weighted by Gasteiger charge is 2.23. The van der Waals surface area contributed by atoms with Gasteiger partial charge in [-0.25, -0.2) is 0 Å². The first-order valence-corrected chi connectivity index (χ1v) is 9.29. The van der Waals surface area contributed by atoms with Crippen LogP contribution in [0.1, 0.15) is 32.6 Å². The fourth-order valence-corrected chi connectivity index (χ4v) is 3.48. The Morgan fingerprint density at radius 2 is 1.92 bits per heavy atom. The van der Waals surface area contributed by atoms with Crippen molar-refractivity contribution in [3.05, 3.63) is 24.3 Å². The van der Waals surface area contributed by atoms with E-state index in [4.69, 9.17) is 9.47 Å². The number of benzene rings is 1. The average molecular weight is 351 g/mol. The van der Waals surface area contributed by atoms with E-state index in [2.05, 4.69) is 12.2 Å². The Hall–Kier alpha value is -1.69. The van der Waals surface area contributed by atoms with E-state index < -0.39 is 0 Å². The molecule has 0 bridgehead atoms. The maximum atomic E-state index is 11.9. The molecule has 2 rings (SSSR count). The number of nitrogens with one attached hydrogen (secondary N) is 1. The first-order chi connectivity index (χ1) is 11.6. The Labute approximate surface area is 147 Å². The van der Waals surface area contributed by atoms with Crippen molar-refractivity contribution in [2.75, 3.05) is 19.5 Å². The molecule has 1 aromatic rings. The second kappa shape index (κ2) is 9.57. The lowest BCUT2D eigenvalue weighted by Crippen LogP contribution is -2.43. The Morgan fingerprint density at radius 3 is 2.58 bits per heavy atom. The first-order valence-electron chi connectivity index (χ1n) is 8.30. The summed E-state index contributed by atoms with van der Waals surface area (Å²) in [6, 6.07) is 7.65. The number of carbonyl (C=O) groups is 2. The molecular formula is C18H25NO4S. The van der Waals surface area contributed by atoms with Crippen molar-refractivity contribution in [2.45, 2.75) is 43.5 Å². The largest absolute Gasteiger partial charge is 0.497 e. The number of hydrogen-bond donors (Lipinski definition) is 1. The highest BCUT2D eigenvalue weighted by Crippen LogP contribution is 2.23. The molecule has 1 saturated carbocycles. The van der Waals surface area contributed by atoms with Crippen LogP contribution >= 0.6 is 11.8 Å². The SMILES string of the molecule is COc1ccc(SCC(=O)OCC(=O)N[C@@H]2CCCC[C@H]2C)cc1. The second-order valence-corrected chi connectivity index (χ2v) is 7.11. The van der Waals surface area contributed by atoms with Crippen molar-refractivity contribution < 1.29 is 19.1 Å². The summed E-state index contributed by atoms with van der Waals surface area (Å²) in [5.74, 6) is 0.846. The Balaban J connectivity index is 1.65. The van der Waals surface area contributed by atoms with Crippen LogP contribution in [-0.2, 0) is 14.3 Å². The molecule has 0 saturated heterocycles. The minimum Gasteiger partial charge on any atom is -0.497 e. The molecule has 1 amide bonds. The van der Waals surface area contributed by atoms with Crippen molar-refractivity contribution in [1.82, 2.24) is 5.32 Å². The Kier molecular flexibility index (Phi) is 7.43. The van der Waals surface area contributed by atoms with E-state index in [1.807, 2.05) is 24.3 Å². The average Bonchev–Trinajstić information content (AvgIpc) is 2.60. The molecule has 0 aliphatic heterocycles. The molecule has 6 heteroatoms. The molecule has 1 N–H and O–H groups in total. The van der Waals surface area contributed by atoms with Gasteiger partial charge >= 0.3 is 5.97 Å². The van der Waals surface area contributed by atoms with Crippen LogP contribution in [0.25, 0.3) is 0 Å². The lowest BCUT2D eigenvalue weighted by molar-refractivity contribution is -0.146. The second-order valence-electron chi connectivity index (χ2n) is 6.06. The number of esters is 1.